The number of hydrogen-bond acceptors (Lipinski definition) is 4. The van der Waals surface area contributed by atoms with Gasteiger partial charge in [0.25, 0.3) is 0 Å². The van der Waals surface area contributed by atoms with Crippen LogP contribution >= 0.6 is 35.8 Å². The summed E-state index contributed by atoms with van der Waals surface area (Å²) in [5, 5.41) is 1.01. The largest absolute Gasteiger partial charge is 0.457 e. The molecule has 0 aliphatic carbocycles. The van der Waals surface area contributed by atoms with Crippen molar-refractivity contribution >= 4 is 35.8 Å². The van der Waals surface area contributed by atoms with E-state index in [1.807, 2.05) is 36.0 Å². The quantitative estimate of drug-likeness (QED) is 0.721. The van der Waals surface area contributed by atoms with Crippen LogP contribution in [0.5, 0.6) is 11.5 Å². The van der Waals surface area contributed by atoms with Crippen LogP contribution in [0.25, 0.3) is 0 Å². The zero-order valence-corrected chi connectivity index (χ0v) is 16.2. The Balaban J connectivity index is 0.00000182. The summed E-state index contributed by atoms with van der Waals surface area (Å²) in [4.78, 5) is 2.48. The lowest BCUT2D eigenvalue weighted by molar-refractivity contribution is 0.0410. The highest BCUT2D eigenvalue weighted by molar-refractivity contribution is 7.99. The first-order valence-corrected chi connectivity index (χ1v) is 9.72. The van der Waals surface area contributed by atoms with Crippen LogP contribution < -0.4 is 4.74 Å². The van der Waals surface area contributed by atoms with Crippen LogP contribution in [0.3, 0.4) is 0 Å². The Kier molecular flexibility index (Phi) is 6.53. The van der Waals surface area contributed by atoms with Gasteiger partial charge in [0.1, 0.15) is 11.5 Å². The summed E-state index contributed by atoms with van der Waals surface area (Å²) in [7, 11) is 0. The first-order chi connectivity index (χ1) is 11.8. The first-order valence-electron chi connectivity index (χ1n) is 8.29. The second-order valence-electron chi connectivity index (χ2n) is 6.03. The number of halogens is 2. The fraction of sp³-hybridized carbons (Fsp3) is 0.368. The molecular weight excluding hydrogens is 377 g/mol. The molecule has 134 valence electrons. The Bertz CT molecular complexity index is 722. The molecule has 2 aliphatic rings. The van der Waals surface area contributed by atoms with Crippen LogP contribution in [0.2, 0.25) is 5.02 Å². The molecule has 1 atom stereocenters. The van der Waals surface area contributed by atoms with E-state index in [9.17, 15) is 0 Å². The molecule has 0 amide bonds. The molecule has 0 radical (unpaired) electrons. The molecule has 0 N–H and O–H groups in total. The summed E-state index contributed by atoms with van der Waals surface area (Å²) < 4.78 is 11.5. The highest BCUT2D eigenvalue weighted by Gasteiger charge is 2.27. The molecule has 3 nitrogen and oxygen atoms in total. The second kappa shape index (κ2) is 8.65. The maximum atomic E-state index is 6.15. The molecule has 2 aromatic rings. The normalized spacial score (nSPS) is 19.3. The lowest BCUT2D eigenvalue weighted by Gasteiger charge is -2.30. The van der Waals surface area contributed by atoms with Crippen LogP contribution in [-0.4, -0.2) is 43.5 Å². The summed E-state index contributed by atoms with van der Waals surface area (Å²) in [6.45, 7) is 4.88. The average molecular weight is 398 g/mol. The van der Waals surface area contributed by atoms with Gasteiger partial charge < -0.3 is 9.47 Å². The molecule has 4 rings (SSSR count). The van der Waals surface area contributed by atoms with E-state index >= 15 is 0 Å². The lowest BCUT2D eigenvalue weighted by Crippen LogP contribution is -2.37. The number of morpholine rings is 1. The highest BCUT2D eigenvalue weighted by atomic mass is 35.5. The Hall–Kier alpha value is -0.910. The van der Waals surface area contributed by atoms with Crippen molar-refractivity contribution in [1.29, 1.82) is 0 Å². The Morgan fingerprint density at radius 2 is 1.80 bits per heavy atom. The van der Waals surface area contributed by atoms with Crippen molar-refractivity contribution in [3.8, 4) is 11.5 Å². The summed E-state index contributed by atoms with van der Waals surface area (Å²) in [6.07, 6.45) is 0. The maximum absolute atomic E-state index is 6.15. The predicted molar refractivity (Wildman–Crippen MR) is 107 cm³/mol. The van der Waals surface area contributed by atoms with Crippen LogP contribution in [0.1, 0.15) is 16.4 Å². The SMILES string of the molecule is Cl.Clc1ccc2c(c1)Oc1ccccc1C2SCCN1CCOCC1. The van der Waals surface area contributed by atoms with Crippen molar-refractivity contribution in [2.45, 2.75) is 5.25 Å². The minimum Gasteiger partial charge on any atom is -0.457 e. The van der Waals surface area contributed by atoms with Gasteiger partial charge in [0, 0.05) is 41.5 Å². The fourth-order valence-corrected chi connectivity index (χ4v) is 4.70. The summed E-state index contributed by atoms with van der Waals surface area (Å²) in [6, 6.07) is 14.3. The monoisotopic (exact) mass is 397 g/mol. The highest BCUT2D eigenvalue weighted by Crippen LogP contribution is 2.49. The second-order valence-corrected chi connectivity index (χ2v) is 7.68. The van der Waals surface area contributed by atoms with Gasteiger partial charge in [-0.25, -0.2) is 0 Å². The number of nitrogens with zero attached hydrogens (tertiary/aromatic N) is 1. The molecule has 0 aromatic heterocycles. The van der Waals surface area contributed by atoms with E-state index in [-0.39, 0.29) is 12.4 Å². The molecule has 0 bridgehead atoms. The molecule has 1 unspecified atom stereocenters. The molecule has 1 saturated heterocycles. The van der Waals surface area contributed by atoms with Crippen LogP contribution in [-0.2, 0) is 4.74 Å². The predicted octanol–water partition coefficient (Wildman–Crippen LogP) is 5.02. The standard InChI is InChI=1S/C19H20ClNO2S.ClH/c20-14-5-6-16-18(13-14)23-17-4-2-1-3-15(17)19(16)24-12-9-21-7-10-22-11-8-21;/h1-6,13,19H,7-12H2;1H. The van der Waals surface area contributed by atoms with E-state index in [1.165, 1.54) is 11.1 Å². The number of hydrogen-bond donors (Lipinski definition) is 0. The van der Waals surface area contributed by atoms with Crippen molar-refractivity contribution in [1.82, 2.24) is 4.90 Å². The summed E-state index contributed by atoms with van der Waals surface area (Å²) in [5.74, 6) is 2.90. The van der Waals surface area contributed by atoms with Gasteiger partial charge in [-0.15, -0.1) is 24.2 Å². The summed E-state index contributed by atoms with van der Waals surface area (Å²) >= 11 is 8.13. The van der Waals surface area contributed by atoms with E-state index in [0.717, 1.165) is 50.1 Å². The zero-order valence-electron chi connectivity index (χ0n) is 13.8. The van der Waals surface area contributed by atoms with Crippen LogP contribution in [0, 0.1) is 0 Å². The molecule has 2 aliphatic heterocycles. The first kappa shape index (κ1) is 18.9. The molecule has 0 saturated carbocycles. The topological polar surface area (TPSA) is 21.7 Å². The molecule has 6 heteroatoms. The molecular formula is C19H21Cl2NO2S. The van der Waals surface area contributed by atoms with Crippen LogP contribution in [0.4, 0.5) is 0 Å². The molecule has 25 heavy (non-hydrogen) atoms. The van der Waals surface area contributed by atoms with E-state index < -0.39 is 0 Å². The number of para-hydroxylation sites is 1. The van der Waals surface area contributed by atoms with Crippen LogP contribution in [0.15, 0.2) is 42.5 Å². The number of benzene rings is 2. The van der Waals surface area contributed by atoms with Gasteiger partial charge in [-0.2, -0.15) is 0 Å². The van der Waals surface area contributed by atoms with E-state index in [2.05, 4.69) is 23.1 Å². The minimum atomic E-state index is 0. The molecule has 2 aromatic carbocycles. The van der Waals surface area contributed by atoms with Crippen molar-refractivity contribution in [3.05, 3.63) is 58.6 Å². The van der Waals surface area contributed by atoms with E-state index in [1.54, 1.807) is 0 Å². The van der Waals surface area contributed by atoms with Crippen molar-refractivity contribution in [2.24, 2.45) is 0 Å². The zero-order chi connectivity index (χ0) is 16.4. The number of rotatable bonds is 4. The fourth-order valence-electron chi connectivity index (χ4n) is 3.19. The number of thioether (sulfide) groups is 1. The van der Waals surface area contributed by atoms with Gasteiger partial charge in [-0.3, -0.25) is 4.90 Å². The Labute approximate surface area is 164 Å². The van der Waals surface area contributed by atoms with Gasteiger partial charge in [0.15, 0.2) is 0 Å². The Morgan fingerprint density at radius 3 is 2.64 bits per heavy atom. The van der Waals surface area contributed by atoms with E-state index in [4.69, 9.17) is 21.1 Å². The maximum Gasteiger partial charge on any atom is 0.133 e. The number of ether oxygens (including phenoxy) is 2. The van der Waals surface area contributed by atoms with Crippen molar-refractivity contribution in [3.63, 3.8) is 0 Å². The van der Waals surface area contributed by atoms with Gasteiger partial charge in [-0.1, -0.05) is 35.9 Å². The Morgan fingerprint density at radius 1 is 1.04 bits per heavy atom. The van der Waals surface area contributed by atoms with E-state index in [0.29, 0.717) is 10.3 Å². The van der Waals surface area contributed by atoms with Crippen molar-refractivity contribution in [2.75, 3.05) is 38.6 Å². The third-order valence-electron chi connectivity index (χ3n) is 4.48. The molecule has 2 heterocycles. The lowest BCUT2D eigenvalue weighted by atomic mass is 10.00. The molecule has 0 spiro atoms. The molecule has 1 fully saturated rings. The average Bonchev–Trinajstić information content (AvgIpc) is 2.62. The third-order valence-corrected chi connectivity index (χ3v) is 5.97. The van der Waals surface area contributed by atoms with Crippen molar-refractivity contribution < 1.29 is 9.47 Å². The smallest absolute Gasteiger partial charge is 0.133 e. The van der Waals surface area contributed by atoms with Gasteiger partial charge in [-0.05, 0) is 18.2 Å². The third kappa shape index (κ3) is 4.26. The van der Waals surface area contributed by atoms with Gasteiger partial charge >= 0.3 is 0 Å². The minimum absolute atomic E-state index is 0. The van der Waals surface area contributed by atoms with Gasteiger partial charge in [0.2, 0.25) is 0 Å². The van der Waals surface area contributed by atoms with Gasteiger partial charge in [0.05, 0.1) is 18.5 Å². The number of fused-ring (bicyclic) bond motifs is 2. The summed E-state index contributed by atoms with van der Waals surface area (Å²) in [5.41, 5.74) is 2.46.